The maximum atomic E-state index is 5.87. The van der Waals surface area contributed by atoms with Gasteiger partial charge in [0.2, 0.25) is 0 Å². The molecule has 0 spiro atoms. The fraction of sp³-hybridized carbons (Fsp3) is 1.00. The van der Waals surface area contributed by atoms with Gasteiger partial charge in [0, 0.05) is 12.1 Å². The molecule has 0 amide bonds. The third kappa shape index (κ3) is 2.71. The Morgan fingerprint density at radius 1 is 1.14 bits per heavy atom. The molecule has 2 aliphatic carbocycles. The predicted octanol–water partition coefficient (Wildman–Crippen LogP) is 1.75. The zero-order valence-electron chi connectivity index (χ0n) is 9.50. The average molecular weight is 196 g/mol. The molecule has 0 aliphatic heterocycles. The molecule has 0 bridgehead atoms. The fourth-order valence-electron chi connectivity index (χ4n) is 2.14. The van der Waals surface area contributed by atoms with E-state index in [2.05, 4.69) is 19.2 Å². The largest absolute Gasteiger partial charge is 0.328 e. The van der Waals surface area contributed by atoms with Crippen molar-refractivity contribution in [1.82, 2.24) is 5.32 Å². The quantitative estimate of drug-likeness (QED) is 0.679. The lowest BCUT2D eigenvalue weighted by Gasteiger charge is -2.22. The third-order valence-electron chi connectivity index (χ3n) is 3.83. The summed E-state index contributed by atoms with van der Waals surface area (Å²) in [4.78, 5) is 0. The van der Waals surface area contributed by atoms with Crippen LogP contribution in [0.2, 0.25) is 0 Å². The standard InChI is InChI=1S/C12H24N2/c1-8(9(2)13)7-14-12(10-3-4-10)11-5-6-11/h8-12,14H,3-7,13H2,1-2H3. The number of rotatable bonds is 6. The molecule has 0 aromatic heterocycles. The molecule has 2 rings (SSSR count). The monoisotopic (exact) mass is 196 g/mol. The first kappa shape index (κ1) is 10.4. The Balaban J connectivity index is 1.71. The molecule has 0 aromatic carbocycles. The second-order valence-electron chi connectivity index (χ2n) is 5.45. The van der Waals surface area contributed by atoms with Gasteiger partial charge in [-0.25, -0.2) is 0 Å². The minimum atomic E-state index is 0.321. The van der Waals surface area contributed by atoms with Crippen molar-refractivity contribution in [3.05, 3.63) is 0 Å². The second-order valence-corrected chi connectivity index (χ2v) is 5.45. The van der Waals surface area contributed by atoms with Crippen LogP contribution in [-0.4, -0.2) is 18.6 Å². The van der Waals surface area contributed by atoms with Crippen LogP contribution in [0, 0.1) is 17.8 Å². The van der Waals surface area contributed by atoms with E-state index in [1.165, 1.54) is 25.7 Å². The summed E-state index contributed by atoms with van der Waals surface area (Å²) in [6, 6.07) is 1.15. The van der Waals surface area contributed by atoms with Crippen LogP contribution in [0.15, 0.2) is 0 Å². The van der Waals surface area contributed by atoms with Gasteiger partial charge in [-0.2, -0.15) is 0 Å². The summed E-state index contributed by atoms with van der Waals surface area (Å²) in [7, 11) is 0. The Morgan fingerprint density at radius 2 is 1.64 bits per heavy atom. The minimum Gasteiger partial charge on any atom is -0.328 e. The summed E-state index contributed by atoms with van der Waals surface area (Å²) in [6.07, 6.45) is 5.84. The molecular weight excluding hydrogens is 172 g/mol. The van der Waals surface area contributed by atoms with Crippen LogP contribution in [0.1, 0.15) is 39.5 Å². The Bertz CT molecular complexity index is 171. The van der Waals surface area contributed by atoms with E-state index >= 15 is 0 Å². The van der Waals surface area contributed by atoms with Crippen molar-refractivity contribution in [2.24, 2.45) is 23.5 Å². The van der Waals surface area contributed by atoms with Crippen molar-refractivity contribution in [1.29, 1.82) is 0 Å². The topological polar surface area (TPSA) is 38.0 Å². The first-order valence-corrected chi connectivity index (χ1v) is 6.17. The van der Waals surface area contributed by atoms with Gasteiger partial charge in [-0.15, -0.1) is 0 Å². The molecule has 0 heterocycles. The Morgan fingerprint density at radius 3 is 2.00 bits per heavy atom. The van der Waals surface area contributed by atoms with E-state index in [1.807, 2.05) is 0 Å². The molecule has 2 nitrogen and oxygen atoms in total. The minimum absolute atomic E-state index is 0.321. The summed E-state index contributed by atoms with van der Waals surface area (Å²) >= 11 is 0. The van der Waals surface area contributed by atoms with E-state index in [9.17, 15) is 0 Å². The lowest BCUT2D eigenvalue weighted by molar-refractivity contribution is 0.361. The molecule has 0 saturated heterocycles. The smallest absolute Gasteiger partial charge is 0.0124 e. The highest BCUT2D eigenvalue weighted by molar-refractivity contribution is 4.96. The van der Waals surface area contributed by atoms with Gasteiger partial charge in [-0.3, -0.25) is 0 Å². The molecular formula is C12H24N2. The molecule has 2 unspecified atom stereocenters. The van der Waals surface area contributed by atoms with Gasteiger partial charge in [0.25, 0.3) is 0 Å². The van der Waals surface area contributed by atoms with Crippen LogP contribution in [0.25, 0.3) is 0 Å². The molecule has 3 N–H and O–H groups in total. The maximum absolute atomic E-state index is 5.87. The second kappa shape index (κ2) is 4.19. The Hall–Kier alpha value is -0.0800. The van der Waals surface area contributed by atoms with Gasteiger partial charge < -0.3 is 11.1 Å². The van der Waals surface area contributed by atoms with Gasteiger partial charge in [-0.05, 0) is 56.9 Å². The normalized spacial score (nSPS) is 26.6. The molecule has 0 aromatic rings. The Labute approximate surface area is 87.6 Å². The number of nitrogens with one attached hydrogen (secondary N) is 1. The summed E-state index contributed by atoms with van der Waals surface area (Å²) in [5.74, 6) is 2.61. The zero-order valence-corrected chi connectivity index (χ0v) is 9.50. The fourth-order valence-corrected chi connectivity index (χ4v) is 2.14. The molecule has 14 heavy (non-hydrogen) atoms. The average Bonchev–Trinajstić information content (AvgIpc) is 2.99. The van der Waals surface area contributed by atoms with Gasteiger partial charge in [0.1, 0.15) is 0 Å². The van der Waals surface area contributed by atoms with E-state index in [4.69, 9.17) is 5.73 Å². The first-order valence-electron chi connectivity index (χ1n) is 6.17. The third-order valence-corrected chi connectivity index (χ3v) is 3.83. The van der Waals surface area contributed by atoms with Crippen molar-refractivity contribution in [3.8, 4) is 0 Å². The molecule has 2 saturated carbocycles. The van der Waals surface area contributed by atoms with Crippen LogP contribution < -0.4 is 11.1 Å². The van der Waals surface area contributed by atoms with Crippen LogP contribution in [0.4, 0.5) is 0 Å². The highest BCUT2D eigenvalue weighted by Crippen LogP contribution is 2.44. The van der Waals surface area contributed by atoms with Crippen molar-refractivity contribution >= 4 is 0 Å². The lowest BCUT2D eigenvalue weighted by Crippen LogP contribution is -2.40. The van der Waals surface area contributed by atoms with Crippen molar-refractivity contribution in [2.45, 2.75) is 51.6 Å². The maximum Gasteiger partial charge on any atom is 0.0124 e. The van der Waals surface area contributed by atoms with Crippen LogP contribution in [0.5, 0.6) is 0 Å². The van der Waals surface area contributed by atoms with E-state index in [-0.39, 0.29) is 0 Å². The van der Waals surface area contributed by atoms with Gasteiger partial charge >= 0.3 is 0 Å². The molecule has 2 atom stereocenters. The van der Waals surface area contributed by atoms with Crippen molar-refractivity contribution in [2.75, 3.05) is 6.54 Å². The number of hydrogen-bond acceptors (Lipinski definition) is 2. The van der Waals surface area contributed by atoms with Gasteiger partial charge in [0.05, 0.1) is 0 Å². The summed E-state index contributed by atoms with van der Waals surface area (Å²) in [6.45, 7) is 5.46. The van der Waals surface area contributed by atoms with E-state index in [1.54, 1.807) is 0 Å². The lowest BCUT2D eigenvalue weighted by atomic mass is 10.0. The molecule has 2 fully saturated rings. The number of hydrogen-bond donors (Lipinski definition) is 2. The number of nitrogens with two attached hydrogens (primary N) is 1. The molecule has 2 aliphatic rings. The van der Waals surface area contributed by atoms with Crippen LogP contribution in [-0.2, 0) is 0 Å². The molecule has 0 radical (unpaired) electrons. The van der Waals surface area contributed by atoms with E-state index < -0.39 is 0 Å². The van der Waals surface area contributed by atoms with Gasteiger partial charge in [0.15, 0.2) is 0 Å². The summed E-state index contributed by atoms with van der Waals surface area (Å²) in [5, 5.41) is 3.74. The van der Waals surface area contributed by atoms with Crippen LogP contribution >= 0.6 is 0 Å². The highest BCUT2D eigenvalue weighted by atomic mass is 15.0. The molecule has 82 valence electrons. The van der Waals surface area contributed by atoms with Crippen molar-refractivity contribution in [3.63, 3.8) is 0 Å². The highest BCUT2D eigenvalue weighted by Gasteiger charge is 2.41. The summed E-state index contributed by atoms with van der Waals surface area (Å²) in [5.41, 5.74) is 5.87. The first-order chi connectivity index (χ1) is 6.68. The van der Waals surface area contributed by atoms with Crippen molar-refractivity contribution < 1.29 is 0 Å². The van der Waals surface area contributed by atoms with E-state index in [0.717, 1.165) is 24.4 Å². The van der Waals surface area contributed by atoms with E-state index in [0.29, 0.717) is 12.0 Å². The van der Waals surface area contributed by atoms with Gasteiger partial charge in [-0.1, -0.05) is 6.92 Å². The zero-order chi connectivity index (χ0) is 10.1. The SMILES string of the molecule is CC(N)C(C)CNC(C1CC1)C1CC1. The predicted molar refractivity (Wildman–Crippen MR) is 60.1 cm³/mol. The molecule has 2 heteroatoms. The summed E-state index contributed by atoms with van der Waals surface area (Å²) < 4.78 is 0. The van der Waals surface area contributed by atoms with Crippen LogP contribution in [0.3, 0.4) is 0 Å². The Kier molecular flexibility index (Phi) is 3.13.